The van der Waals surface area contributed by atoms with E-state index in [1.807, 2.05) is 45.0 Å². The highest BCUT2D eigenvalue weighted by molar-refractivity contribution is 14.1. The number of imidazole rings is 1. The molecule has 3 aromatic carbocycles. The maximum atomic E-state index is 13.6. The molecule has 1 amide bonds. The Kier molecular flexibility index (Phi) is 6.23. The van der Waals surface area contributed by atoms with Gasteiger partial charge in [0.15, 0.2) is 0 Å². The Bertz CT molecular complexity index is 1430. The highest BCUT2D eigenvalue weighted by Crippen LogP contribution is 2.45. The number of benzene rings is 3. The number of ether oxygens (including phenoxy) is 2. The molecule has 2 aliphatic rings. The van der Waals surface area contributed by atoms with E-state index in [0.29, 0.717) is 19.6 Å². The van der Waals surface area contributed by atoms with Crippen molar-refractivity contribution in [2.24, 2.45) is 0 Å². The fourth-order valence-electron chi connectivity index (χ4n) is 5.68. The average Bonchev–Trinajstić information content (AvgIpc) is 3.55. The number of hydrogen-bond acceptors (Lipinski definition) is 4. The third-order valence-corrected chi connectivity index (χ3v) is 7.80. The number of H-pyrrole nitrogens is 1. The largest absolute Gasteiger partial charge is 0.448 e. The van der Waals surface area contributed by atoms with Crippen molar-refractivity contribution < 1.29 is 14.3 Å². The van der Waals surface area contributed by atoms with Crippen LogP contribution in [0.2, 0.25) is 0 Å². The van der Waals surface area contributed by atoms with Gasteiger partial charge in [0.1, 0.15) is 12.4 Å². The quantitative estimate of drug-likeness (QED) is 0.253. The Labute approximate surface area is 230 Å². The maximum absolute atomic E-state index is 13.6. The lowest BCUT2D eigenvalue weighted by Crippen LogP contribution is -2.35. The summed E-state index contributed by atoms with van der Waals surface area (Å²) in [4.78, 5) is 23.7. The Hall–Kier alpha value is -2.91. The predicted octanol–water partition coefficient (Wildman–Crippen LogP) is 7.05. The van der Waals surface area contributed by atoms with Crippen molar-refractivity contribution in [1.29, 1.82) is 0 Å². The summed E-state index contributed by atoms with van der Waals surface area (Å²) in [5.74, 6) is 0.790. The molecule has 1 unspecified atom stereocenters. The second-order valence-electron chi connectivity index (χ2n) is 10.8. The van der Waals surface area contributed by atoms with E-state index < -0.39 is 0 Å². The number of amides is 1. The van der Waals surface area contributed by atoms with Gasteiger partial charge in [-0.25, -0.2) is 9.78 Å². The van der Waals surface area contributed by atoms with Crippen LogP contribution >= 0.6 is 22.6 Å². The normalized spacial score (nSPS) is 19.3. The van der Waals surface area contributed by atoms with Gasteiger partial charge in [0.2, 0.25) is 0 Å². The van der Waals surface area contributed by atoms with E-state index in [1.54, 1.807) is 4.90 Å². The Morgan fingerprint density at radius 2 is 1.73 bits per heavy atom. The molecule has 1 fully saturated rings. The third-order valence-electron chi connectivity index (χ3n) is 7.13. The molecule has 1 aliphatic carbocycles. The van der Waals surface area contributed by atoms with Gasteiger partial charge in [-0.05, 0) is 83.8 Å². The fraction of sp³-hybridized carbons (Fsp3) is 0.333. The lowest BCUT2D eigenvalue weighted by Gasteiger charge is -2.25. The molecule has 0 radical (unpaired) electrons. The number of carbonyl (C=O) groups is 1. The zero-order chi connectivity index (χ0) is 25.7. The van der Waals surface area contributed by atoms with Gasteiger partial charge in [0.25, 0.3) is 0 Å². The summed E-state index contributed by atoms with van der Waals surface area (Å²) < 4.78 is 13.5. The SMILES string of the molecule is CC(C)(C)O[C@@H]1CC(c2nc3ccc(I)cc3[nH]2)N(C(=O)OCC2c3ccccc3-c3ccccc32)C1. The van der Waals surface area contributed by atoms with Crippen LogP contribution in [0.4, 0.5) is 4.79 Å². The number of rotatable bonds is 4. The van der Waals surface area contributed by atoms with E-state index in [-0.39, 0.29) is 29.8 Å². The first kappa shape index (κ1) is 24.4. The topological polar surface area (TPSA) is 67.5 Å². The standard InChI is InChI=1S/C30H30IN3O3/c1-30(2,3)37-19-15-27(28-32-25-13-12-18(31)14-26(25)33-28)34(16-19)29(35)36-17-24-22-10-6-4-8-20(22)21-9-5-7-11-23(21)24/h4-14,19,24,27H,15-17H2,1-3H3,(H,32,33)/t19-,27?/m1/s1. The molecule has 1 saturated heterocycles. The second-order valence-corrected chi connectivity index (χ2v) is 12.1. The summed E-state index contributed by atoms with van der Waals surface area (Å²) in [6.07, 6.45) is 0.235. The van der Waals surface area contributed by atoms with Crippen molar-refractivity contribution >= 4 is 39.7 Å². The molecule has 2 atom stereocenters. The maximum Gasteiger partial charge on any atom is 0.410 e. The van der Waals surface area contributed by atoms with Gasteiger partial charge in [-0.3, -0.25) is 4.90 Å². The van der Waals surface area contributed by atoms with E-state index in [1.165, 1.54) is 22.3 Å². The second kappa shape index (κ2) is 9.44. The minimum absolute atomic E-state index is 0.0206. The van der Waals surface area contributed by atoms with Crippen LogP contribution in [0.5, 0.6) is 0 Å². The number of aromatic amines is 1. The summed E-state index contributed by atoms with van der Waals surface area (Å²) >= 11 is 2.30. The summed E-state index contributed by atoms with van der Waals surface area (Å²) in [5, 5.41) is 0. The van der Waals surface area contributed by atoms with Gasteiger partial charge in [0, 0.05) is 15.9 Å². The molecule has 2 heterocycles. The third kappa shape index (κ3) is 4.75. The minimum Gasteiger partial charge on any atom is -0.448 e. The van der Waals surface area contributed by atoms with Crippen LogP contribution < -0.4 is 0 Å². The predicted molar refractivity (Wildman–Crippen MR) is 153 cm³/mol. The van der Waals surface area contributed by atoms with E-state index in [0.717, 1.165) is 20.4 Å². The van der Waals surface area contributed by atoms with Gasteiger partial charge in [-0.2, -0.15) is 0 Å². The monoisotopic (exact) mass is 607 g/mol. The first-order valence-corrected chi connectivity index (χ1v) is 13.8. The fourth-order valence-corrected chi connectivity index (χ4v) is 6.17. The van der Waals surface area contributed by atoms with Crippen molar-refractivity contribution in [2.45, 2.75) is 50.9 Å². The van der Waals surface area contributed by atoms with Crippen LogP contribution in [0.25, 0.3) is 22.2 Å². The number of aromatic nitrogens is 2. The lowest BCUT2D eigenvalue weighted by atomic mass is 9.98. The van der Waals surface area contributed by atoms with Crippen LogP contribution in [-0.2, 0) is 9.47 Å². The van der Waals surface area contributed by atoms with Crippen molar-refractivity contribution in [3.8, 4) is 11.1 Å². The van der Waals surface area contributed by atoms with Gasteiger partial charge in [0.05, 0.1) is 35.3 Å². The van der Waals surface area contributed by atoms with Gasteiger partial charge in [-0.1, -0.05) is 48.5 Å². The minimum atomic E-state index is -0.332. The van der Waals surface area contributed by atoms with Gasteiger partial charge >= 0.3 is 6.09 Å². The number of likely N-dealkylation sites (tertiary alicyclic amines) is 1. The lowest BCUT2D eigenvalue weighted by molar-refractivity contribution is -0.0539. The van der Waals surface area contributed by atoms with E-state index in [4.69, 9.17) is 14.5 Å². The van der Waals surface area contributed by atoms with Crippen molar-refractivity contribution in [1.82, 2.24) is 14.9 Å². The molecule has 7 heteroatoms. The molecule has 0 saturated carbocycles. The van der Waals surface area contributed by atoms with Crippen molar-refractivity contribution in [3.05, 3.63) is 87.3 Å². The van der Waals surface area contributed by atoms with E-state index in [2.05, 4.69) is 70.0 Å². The molecule has 37 heavy (non-hydrogen) atoms. The van der Waals surface area contributed by atoms with Crippen LogP contribution in [-0.4, -0.2) is 45.8 Å². The summed E-state index contributed by atoms with van der Waals surface area (Å²) in [5.41, 5.74) is 6.39. The summed E-state index contributed by atoms with van der Waals surface area (Å²) in [6.45, 7) is 6.88. The zero-order valence-electron chi connectivity index (χ0n) is 21.2. The van der Waals surface area contributed by atoms with Crippen LogP contribution in [0, 0.1) is 3.57 Å². The van der Waals surface area contributed by atoms with E-state index in [9.17, 15) is 4.79 Å². The highest BCUT2D eigenvalue weighted by Gasteiger charge is 2.41. The molecular formula is C30H30IN3O3. The van der Waals surface area contributed by atoms with Gasteiger partial charge in [-0.15, -0.1) is 0 Å². The molecule has 0 bridgehead atoms. The molecule has 1 N–H and O–H groups in total. The number of hydrogen-bond donors (Lipinski definition) is 1. The molecular weight excluding hydrogens is 577 g/mol. The number of fused-ring (bicyclic) bond motifs is 4. The number of halogens is 1. The molecule has 4 aromatic rings. The Balaban J connectivity index is 1.26. The number of nitrogens with one attached hydrogen (secondary N) is 1. The van der Waals surface area contributed by atoms with Gasteiger partial charge < -0.3 is 14.5 Å². The summed E-state index contributed by atoms with van der Waals surface area (Å²) in [6, 6.07) is 22.6. The van der Waals surface area contributed by atoms with E-state index >= 15 is 0 Å². The van der Waals surface area contributed by atoms with Crippen molar-refractivity contribution in [2.75, 3.05) is 13.2 Å². The number of nitrogens with zero attached hydrogens (tertiary/aromatic N) is 2. The molecule has 0 spiro atoms. The first-order valence-electron chi connectivity index (χ1n) is 12.7. The van der Waals surface area contributed by atoms with Crippen molar-refractivity contribution in [3.63, 3.8) is 0 Å². The van der Waals surface area contributed by atoms with Crippen LogP contribution in [0.1, 0.15) is 56.1 Å². The summed E-state index contributed by atoms with van der Waals surface area (Å²) in [7, 11) is 0. The first-order chi connectivity index (χ1) is 17.8. The smallest absolute Gasteiger partial charge is 0.410 e. The molecule has 1 aromatic heterocycles. The molecule has 6 nitrogen and oxygen atoms in total. The van der Waals surface area contributed by atoms with Crippen LogP contribution in [0.3, 0.4) is 0 Å². The highest BCUT2D eigenvalue weighted by atomic mass is 127. The molecule has 6 rings (SSSR count). The Morgan fingerprint density at radius 1 is 1.05 bits per heavy atom. The average molecular weight is 607 g/mol. The molecule has 1 aliphatic heterocycles. The molecule has 190 valence electrons. The number of carbonyl (C=O) groups excluding carboxylic acids is 1. The Morgan fingerprint density at radius 3 is 2.41 bits per heavy atom. The van der Waals surface area contributed by atoms with Crippen LogP contribution in [0.15, 0.2) is 66.7 Å². The zero-order valence-corrected chi connectivity index (χ0v) is 23.4.